The van der Waals surface area contributed by atoms with Crippen molar-refractivity contribution in [3.05, 3.63) is 28.3 Å². The number of carbonyl (C=O) groups excluding carboxylic acids is 3. The number of benzene rings is 2. The van der Waals surface area contributed by atoms with E-state index in [-0.39, 0.29) is 35.9 Å². The van der Waals surface area contributed by atoms with Gasteiger partial charge in [-0.1, -0.05) is 0 Å². The summed E-state index contributed by atoms with van der Waals surface area (Å²) in [7, 11) is 3.00. The number of esters is 2. The smallest absolute Gasteiger partial charge is 0.308 e. The maximum atomic E-state index is 13.4. The number of aryl methyl sites for hydroxylation is 1. The minimum absolute atomic E-state index is 0.0527. The average Bonchev–Trinajstić information content (AvgIpc) is 3.78. The van der Waals surface area contributed by atoms with Crippen LogP contribution in [0.5, 0.6) is 17.2 Å². The molecule has 12 heteroatoms. The molecule has 0 radical (unpaired) electrons. The lowest BCUT2D eigenvalue weighted by Gasteiger charge is -2.57. The molecule has 4 heterocycles. The van der Waals surface area contributed by atoms with Crippen LogP contribution in [0.3, 0.4) is 0 Å². The van der Waals surface area contributed by atoms with E-state index < -0.39 is 41.5 Å². The summed E-state index contributed by atoms with van der Waals surface area (Å²) >= 11 is 0. The standard InChI is InChI=1S/C31H34O12/c1-15-12-19-24(26(40-16(2)32)23-18(25(19)35-4)8-6-9-20(23)34)27-22(15)21-13-30(43-27,41-17(3)33)29(14-39-29)31(36-5,42-21)28-37-10-7-11-38-28/h12,21,28H,6-11,13-14H2,1-5H3/t21?,29-,30+,31?/m0/s1. The van der Waals surface area contributed by atoms with Crippen LogP contribution in [0.15, 0.2) is 6.07 Å². The zero-order chi connectivity index (χ0) is 30.3. The predicted molar refractivity (Wildman–Crippen MR) is 146 cm³/mol. The molecule has 7 rings (SSSR count). The fourth-order valence-corrected chi connectivity index (χ4v) is 7.42. The van der Waals surface area contributed by atoms with E-state index in [1.807, 2.05) is 13.0 Å². The number of epoxide rings is 1. The fourth-order valence-electron chi connectivity index (χ4n) is 7.42. The molecule has 3 fully saturated rings. The Balaban J connectivity index is 1.55. The summed E-state index contributed by atoms with van der Waals surface area (Å²) in [5.41, 5.74) is 0.882. The lowest BCUT2D eigenvalue weighted by atomic mass is 9.76. The average molecular weight is 599 g/mol. The molecule has 4 atom stereocenters. The number of rotatable bonds is 5. The van der Waals surface area contributed by atoms with Crippen molar-refractivity contribution in [2.75, 3.05) is 34.0 Å². The number of Topliss-reactive ketones (excluding diaryl/α,β-unsaturated/α-hetero) is 1. The van der Waals surface area contributed by atoms with Gasteiger partial charge in [0.15, 0.2) is 11.5 Å². The van der Waals surface area contributed by atoms with Crippen molar-refractivity contribution in [1.82, 2.24) is 0 Å². The zero-order valence-corrected chi connectivity index (χ0v) is 24.8. The largest absolute Gasteiger partial charge is 0.496 e. The highest BCUT2D eigenvalue weighted by Crippen LogP contribution is 2.66. The van der Waals surface area contributed by atoms with E-state index >= 15 is 0 Å². The minimum atomic E-state index is -1.75. The molecular weight excluding hydrogens is 564 g/mol. The Morgan fingerprint density at radius 2 is 1.77 bits per heavy atom. The van der Waals surface area contributed by atoms with Crippen molar-refractivity contribution in [1.29, 1.82) is 0 Å². The van der Waals surface area contributed by atoms with Crippen molar-refractivity contribution in [2.45, 2.75) is 82.4 Å². The van der Waals surface area contributed by atoms with Gasteiger partial charge in [0, 0.05) is 43.9 Å². The van der Waals surface area contributed by atoms with Crippen LogP contribution in [0, 0.1) is 6.92 Å². The summed E-state index contributed by atoms with van der Waals surface area (Å²) in [6.07, 6.45) is 0.512. The molecular formula is C31H34O12. The van der Waals surface area contributed by atoms with Gasteiger partial charge in [-0.25, -0.2) is 0 Å². The molecule has 1 aliphatic carbocycles. The third kappa shape index (κ3) is 3.83. The van der Waals surface area contributed by atoms with Crippen molar-refractivity contribution in [3.8, 4) is 17.2 Å². The molecule has 0 aromatic heterocycles. The van der Waals surface area contributed by atoms with Gasteiger partial charge in [-0.2, -0.15) is 0 Å². The molecule has 2 bridgehead atoms. The Kier molecular flexibility index (Phi) is 6.53. The molecule has 2 aromatic carbocycles. The molecule has 43 heavy (non-hydrogen) atoms. The summed E-state index contributed by atoms with van der Waals surface area (Å²) in [5.74, 6) is -3.97. The fraction of sp³-hybridized carbons (Fsp3) is 0.581. The van der Waals surface area contributed by atoms with Gasteiger partial charge in [-0.05, 0) is 37.8 Å². The van der Waals surface area contributed by atoms with Gasteiger partial charge in [-0.15, -0.1) is 0 Å². The van der Waals surface area contributed by atoms with Crippen molar-refractivity contribution in [2.24, 2.45) is 0 Å². The summed E-state index contributed by atoms with van der Waals surface area (Å²) in [4.78, 5) is 38.6. The third-order valence-corrected chi connectivity index (χ3v) is 9.08. The highest BCUT2D eigenvalue weighted by Gasteiger charge is 2.85. The van der Waals surface area contributed by atoms with Crippen LogP contribution in [0.25, 0.3) is 10.8 Å². The second-order valence-electron chi connectivity index (χ2n) is 11.6. The van der Waals surface area contributed by atoms with Crippen LogP contribution < -0.4 is 14.2 Å². The number of hydrogen-bond acceptors (Lipinski definition) is 12. The first-order chi connectivity index (χ1) is 20.6. The second kappa shape index (κ2) is 9.86. The molecule has 4 aliphatic heterocycles. The first-order valence-electron chi connectivity index (χ1n) is 14.5. The van der Waals surface area contributed by atoms with Gasteiger partial charge < -0.3 is 42.6 Å². The van der Waals surface area contributed by atoms with Crippen LogP contribution in [-0.2, 0) is 44.4 Å². The van der Waals surface area contributed by atoms with Gasteiger partial charge in [0.1, 0.15) is 11.5 Å². The van der Waals surface area contributed by atoms with Crippen LogP contribution >= 0.6 is 0 Å². The number of ether oxygens (including phenoxy) is 9. The zero-order valence-electron chi connectivity index (χ0n) is 24.8. The molecule has 0 N–H and O–H groups in total. The van der Waals surface area contributed by atoms with E-state index in [4.69, 9.17) is 42.6 Å². The first-order valence-corrected chi connectivity index (χ1v) is 14.5. The van der Waals surface area contributed by atoms with E-state index in [1.165, 1.54) is 28.1 Å². The molecule has 5 aliphatic rings. The maximum Gasteiger partial charge on any atom is 0.308 e. The van der Waals surface area contributed by atoms with Gasteiger partial charge >= 0.3 is 11.9 Å². The molecule has 12 nitrogen and oxygen atoms in total. The normalized spacial score (nSPS) is 31.2. The molecule has 1 spiro atoms. The highest BCUT2D eigenvalue weighted by molar-refractivity contribution is 6.12. The first kappa shape index (κ1) is 28.5. The van der Waals surface area contributed by atoms with Gasteiger partial charge in [0.05, 0.1) is 50.4 Å². The van der Waals surface area contributed by atoms with Gasteiger partial charge in [0.25, 0.3) is 11.6 Å². The Morgan fingerprint density at radius 1 is 1.02 bits per heavy atom. The van der Waals surface area contributed by atoms with E-state index in [0.29, 0.717) is 66.5 Å². The number of fused-ring (bicyclic) bond motifs is 8. The van der Waals surface area contributed by atoms with Crippen LogP contribution in [0.1, 0.15) is 72.7 Å². The predicted octanol–water partition coefficient (Wildman–Crippen LogP) is 3.59. The molecule has 0 amide bonds. The molecule has 0 saturated carbocycles. The van der Waals surface area contributed by atoms with Gasteiger partial charge in [0.2, 0.25) is 11.9 Å². The van der Waals surface area contributed by atoms with Crippen molar-refractivity contribution < 1.29 is 57.0 Å². The van der Waals surface area contributed by atoms with Gasteiger partial charge in [-0.3, -0.25) is 14.4 Å². The van der Waals surface area contributed by atoms with E-state index in [2.05, 4.69) is 0 Å². The highest BCUT2D eigenvalue weighted by atomic mass is 16.8. The topological polar surface area (TPSA) is 138 Å². The van der Waals surface area contributed by atoms with E-state index in [0.717, 1.165) is 5.56 Å². The lowest BCUT2D eigenvalue weighted by molar-refractivity contribution is -0.445. The SMILES string of the molecule is COc1c2c(c(OC(C)=O)c3c4c(c(C)cc13)C1C[C@@](OC(C)=O)(O4)[C@@]3(CO3)C(OC)(C3OCCCO3)O1)C(=O)CCC2. The summed E-state index contributed by atoms with van der Waals surface area (Å²) in [6.45, 7) is 5.33. The molecule has 2 aromatic rings. The summed E-state index contributed by atoms with van der Waals surface area (Å²) in [6, 6.07) is 1.91. The minimum Gasteiger partial charge on any atom is -0.496 e. The van der Waals surface area contributed by atoms with Crippen LogP contribution in [-0.4, -0.2) is 75.2 Å². The van der Waals surface area contributed by atoms with Crippen molar-refractivity contribution in [3.63, 3.8) is 0 Å². The quantitative estimate of drug-likeness (QED) is 0.282. The third-order valence-electron chi connectivity index (χ3n) is 9.08. The second-order valence-corrected chi connectivity index (χ2v) is 11.6. The summed E-state index contributed by atoms with van der Waals surface area (Å²) < 4.78 is 55.7. The number of methoxy groups -OCH3 is 2. The van der Waals surface area contributed by atoms with Crippen LogP contribution in [0.2, 0.25) is 0 Å². The number of hydrogen-bond donors (Lipinski definition) is 0. The van der Waals surface area contributed by atoms with E-state index in [9.17, 15) is 14.4 Å². The Labute approximate surface area is 247 Å². The van der Waals surface area contributed by atoms with Crippen molar-refractivity contribution >= 4 is 28.5 Å². The number of ketones is 1. The summed E-state index contributed by atoms with van der Waals surface area (Å²) in [5, 5.41) is 0.932. The maximum absolute atomic E-state index is 13.4. The van der Waals surface area contributed by atoms with E-state index in [1.54, 1.807) is 0 Å². The molecule has 3 saturated heterocycles. The Morgan fingerprint density at radius 3 is 2.40 bits per heavy atom. The Bertz CT molecular complexity index is 1550. The molecule has 2 unspecified atom stereocenters. The Hall–Kier alpha value is -3.29. The monoisotopic (exact) mass is 598 g/mol. The number of carbonyl (C=O) groups is 3. The molecule has 230 valence electrons. The lowest BCUT2D eigenvalue weighted by Crippen LogP contribution is -2.75. The van der Waals surface area contributed by atoms with Crippen LogP contribution in [0.4, 0.5) is 0 Å².